The molecule has 0 spiro atoms. The fourth-order valence-corrected chi connectivity index (χ4v) is 4.21. The van der Waals surface area contributed by atoms with Gasteiger partial charge in [-0.3, -0.25) is 4.79 Å². The van der Waals surface area contributed by atoms with Crippen molar-refractivity contribution in [1.82, 2.24) is 9.71 Å². The maximum Gasteiger partial charge on any atom is 0.240 e. The SMILES string of the molecule is CNS(=O)(=O)c1cc(NC(=O)CSc2ccc3ccccc3n2)ccc1C. The van der Waals surface area contributed by atoms with Crippen LogP contribution in [0.4, 0.5) is 5.69 Å². The van der Waals surface area contributed by atoms with Crippen molar-refractivity contribution < 1.29 is 13.2 Å². The van der Waals surface area contributed by atoms with Gasteiger partial charge in [0.1, 0.15) is 0 Å². The second kappa shape index (κ2) is 8.08. The molecule has 0 aliphatic carbocycles. The maximum absolute atomic E-state index is 12.2. The number of benzene rings is 2. The molecule has 0 atom stereocenters. The monoisotopic (exact) mass is 401 g/mol. The van der Waals surface area contributed by atoms with Crippen LogP contribution in [0.5, 0.6) is 0 Å². The van der Waals surface area contributed by atoms with Gasteiger partial charge in [-0.2, -0.15) is 0 Å². The first-order valence-electron chi connectivity index (χ1n) is 8.22. The number of anilines is 1. The number of nitrogens with zero attached hydrogens (tertiary/aromatic N) is 1. The van der Waals surface area contributed by atoms with Gasteiger partial charge < -0.3 is 5.32 Å². The Hall–Kier alpha value is -2.42. The fraction of sp³-hybridized carbons (Fsp3) is 0.158. The summed E-state index contributed by atoms with van der Waals surface area (Å²) >= 11 is 1.33. The number of amides is 1. The predicted octanol–water partition coefficient (Wildman–Crippen LogP) is 3.18. The van der Waals surface area contributed by atoms with Crippen molar-refractivity contribution in [3.63, 3.8) is 0 Å². The van der Waals surface area contributed by atoms with E-state index in [2.05, 4.69) is 15.0 Å². The van der Waals surface area contributed by atoms with Gasteiger partial charge in [-0.05, 0) is 43.8 Å². The van der Waals surface area contributed by atoms with Crippen molar-refractivity contribution in [1.29, 1.82) is 0 Å². The molecular formula is C19H19N3O3S2. The number of nitrogens with one attached hydrogen (secondary N) is 2. The molecule has 2 N–H and O–H groups in total. The molecule has 3 aromatic rings. The third-order valence-electron chi connectivity index (χ3n) is 3.95. The zero-order chi connectivity index (χ0) is 19.4. The first kappa shape index (κ1) is 19.3. The average Bonchev–Trinajstić information content (AvgIpc) is 2.67. The second-order valence-corrected chi connectivity index (χ2v) is 8.72. The third kappa shape index (κ3) is 4.65. The van der Waals surface area contributed by atoms with Crippen LogP contribution in [0.3, 0.4) is 0 Å². The van der Waals surface area contributed by atoms with Crippen LogP contribution in [-0.2, 0) is 14.8 Å². The van der Waals surface area contributed by atoms with Gasteiger partial charge >= 0.3 is 0 Å². The van der Waals surface area contributed by atoms with Crippen LogP contribution in [0, 0.1) is 6.92 Å². The van der Waals surface area contributed by atoms with Gasteiger partial charge in [0.05, 0.1) is 21.2 Å². The largest absolute Gasteiger partial charge is 0.325 e. The molecule has 0 radical (unpaired) electrons. The first-order valence-corrected chi connectivity index (χ1v) is 10.7. The topological polar surface area (TPSA) is 88.2 Å². The molecule has 0 bridgehead atoms. The summed E-state index contributed by atoms with van der Waals surface area (Å²) in [6, 6.07) is 16.4. The van der Waals surface area contributed by atoms with Crippen molar-refractivity contribution in [2.24, 2.45) is 0 Å². The standard InChI is InChI=1S/C19H19N3O3S2/c1-13-7-9-15(11-17(13)27(24,25)20-2)21-18(23)12-26-19-10-8-14-5-3-4-6-16(14)22-19/h3-11,20H,12H2,1-2H3,(H,21,23). The lowest BCUT2D eigenvalue weighted by Gasteiger charge is -2.10. The van der Waals surface area contributed by atoms with Crippen LogP contribution in [0.25, 0.3) is 10.9 Å². The summed E-state index contributed by atoms with van der Waals surface area (Å²) in [5, 5.41) is 4.53. The Labute approximate surface area is 162 Å². The number of fused-ring (bicyclic) bond motifs is 1. The summed E-state index contributed by atoms with van der Waals surface area (Å²) in [4.78, 5) is 16.9. The molecule has 0 saturated heterocycles. The molecule has 0 aliphatic rings. The minimum Gasteiger partial charge on any atom is -0.325 e. The number of thioether (sulfide) groups is 1. The Balaban J connectivity index is 1.67. The van der Waals surface area contributed by atoms with Crippen LogP contribution in [0.2, 0.25) is 0 Å². The van der Waals surface area contributed by atoms with Gasteiger partial charge in [0.25, 0.3) is 0 Å². The highest BCUT2D eigenvalue weighted by molar-refractivity contribution is 7.99. The number of hydrogen-bond donors (Lipinski definition) is 2. The molecule has 8 heteroatoms. The molecule has 0 fully saturated rings. The molecule has 0 unspecified atom stereocenters. The number of aromatic nitrogens is 1. The Morgan fingerprint density at radius 3 is 2.67 bits per heavy atom. The summed E-state index contributed by atoms with van der Waals surface area (Å²) in [6.45, 7) is 1.71. The zero-order valence-corrected chi connectivity index (χ0v) is 16.5. The number of hydrogen-bond acceptors (Lipinski definition) is 5. The summed E-state index contributed by atoms with van der Waals surface area (Å²) in [6.07, 6.45) is 0. The lowest BCUT2D eigenvalue weighted by molar-refractivity contribution is -0.113. The molecule has 1 heterocycles. The van der Waals surface area contributed by atoms with E-state index in [1.165, 1.54) is 24.9 Å². The predicted molar refractivity (Wildman–Crippen MR) is 109 cm³/mol. The number of aryl methyl sites for hydroxylation is 1. The summed E-state index contributed by atoms with van der Waals surface area (Å²) in [7, 11) is -2.23. The van der Waals surface area contributed by atoms with E-state index in [1.807, 2.05) is 36.4 Å². The zero-order valence-electron chi connectivity index (χ0n) is 14.9. The number of sulfonamides is 1. The van der Waals surface area contributed by atoms with Crippen LogP contribution < -0.4 is 10.0 Å². The van der Waals surface area contributed by atoms with E-state index in [0.717, 1.165) is 15.9 Å². The van der Waals surface area contributed by atoms with Crippen LogP contribution in [-0.4, -0.2) is 32.1 Å². The van der Waals surface area contributed by atoms with Crippen molar-refractivity contribution in [2.45, 2.75) is 16.8 Å². The Morgan fingerprint density at radius 1 is 1.11 bits per heavy atom. The van der Waals surface area contributed by atoms with Crippen molar-refractivity contribution in [2.75, 3.05) is 18.1 Å². The van der Waals surface area contributed by atoms with Gasteiger partial charge in [-0.1, -0.05) is 42.1 Å². The van der Waals surface area contributed by atoms with Gasteiger partial charge in [0.2, 0.25) is 15.9 Å². The number of carbonyl (C=O) groups is 1. The van der Waals surface area contributed by atoms with Gasteiger partial charge in [-0.15, -0.1) is 0 Å². The van der Waals surface area contributed by atoms with Gasteiger partial charge in [0, 0.05) is 11.1 Å². The molecule has 2 aromatic carbocycles. The summed E-state index contributed by atoms with van der Waals surface area (Å²) in [5.41, 5.74) is 1.92. The van der Waals surface area contributed by atoms with E-state index in [9.17, 15) is 13.2 Å². The molecular weight excluding hydrogens is 382 g/mol. The van der Waals surface area contributed by atoms with Gasteiger partial charge in [0.15, 0.2) is 0 Å². The highest BCUT2D eigenvalue weighted by Gasteiger charge is 2.16. The fourth-order valence-electron chi connectivity index (χ4n) is 2.54. The van der Waals surface area contributed by atoms with Gasteiger partial charge in [-0.25, -0.2) is 18.1 Å². The Bertz CT molecular complexity index is 1100. The first-order chi connectivity index (χ1) is 12.9. The van der Waals surface area contributed by atoms with Crippen LogP contribution in [0.1, 0.15) is 5.56 Å². The smallest absolute Gasteiger partial charge is 0.240 e. The van der Waals surface area contributed by atoms with E-state index in [-0.39, 0.29) is 16.6 Å². The van der Waals surface area contributed by atoms with E-state index in [4.69, 9.17) is 0 Å². The highest BCUT2D eigenvalue weighted by Crippen LogP contribution is 2.22. The molecule has 3 rings (SSSR count). The summed E-state index contributed by atoms with van der Waals surface area (Å²) < 4.78 is 26.4. The lowest BCUT2D eigenvalue weighted by atomic mass is 10.2. The number of pyridine rings is 1. The molecule has 1 amide bonds. The van der Waals surface area contributed by atoms with E-state index >= 15 is 0 Å². The Kier molecular flexibility index (Phi) is 5.79. The normalized spacial score (nSPS) is 11.5. The van der Waals surface area contributed by atoms with E-state index in [0.29, 0.717) is 11.3 Å². The minimum atomic E-state index is -3.58. The summed E-state index contributed by atoms with van der Waals surface area (Å²) in [5.74, 6) is -0.0560. The number of carbonyl (C=O) groups excluding carboxylic acids is 1. The molecule has 0 saturated carbocycles. The molecule has 1 aromatic heterocycles. The maximum atomic E-state index is 12.2. The van der Waals surface area contributed by atoms with Crippen LogP contribution in [0.15, 0.2) is 64.5 Å². The molecule has 0 aliphatic heterocycles. The minimum absolute atomic E-state index is 0.145. The quantitative estimate of drug-likeness (QED) is 0.620. The third-order valence-corrected chi connectivity index (χ3v) is 6.44. The molecule has 27 heavy (non-hydrogen) atoms. The lowest BCUT2D eigenvalue weighted by Crippen LogP contribution is -2.20. The van der Waals surface area contributed by atoms with E-state index in [1.54, 1.807) is 19.1 Å². The van der Waals surface area contributed by atoms with Crippen LogP contribution >= 0.6 is 11.8 Å². The second-order valence-electron chi connectivity index (χ2n) is 5.87. The number of rotatable bonds is 6. The van der Waals surface area contributed by atoms with E-state index < -0.39 is 10.0 Å². The van der Waals surface area contributed by atoms with Crippen molar-refractivity contribution in [3.8, 4) is 0 Å². The Morgan fingerprint density at radius 2 is 1.89 bits per heavy atom. The molecule has 6 nitrogen and oxygen atoms in total. The van der Waals surface area contributed by atoms with Crippen molar-refractivity contribution in [3.05, 3.63) is 60.2 Å². The highest BCUT2D eigenvalue weighted by atomic mass is 32.2. The number of para-hydroxylation sites is 1. The molecule has 140 valence electrons. The van der Waals surface area contributed by atoms with Crippen molar-refractivity contribution >= 4 is 44.3 Å². The average molecular weight is 402 g/mol.